The summed E-state index contributed by atoms with van der Waals surface area (Å²) in [6, 6.07) is 5.11. The number of rotatable bonds is 15. The van der Waals surface area contributed by atoms with Gasteiger partial charge in [0, 0.05) is 12.2 Å². The molecule has 188 valence electrons. The van der Waals surface area contributed by atoms with Gasteiger partial charge in [-0.1, -0.05) is 49.8 Å². The number of unbranched alkanes of at least 4 members (excludes halogenated alkanes) is 5. The van der Waals surface area contributed by atoms with E-state index in [1.54, 1.807) is 0 Å². The van der Waals surface area contributed by atoms with Crippen LogP contribution in [0, 0.1) is 0 Å². The maximum absolute atomic E-state index is 12.3. The molecular formula is C23H37NO7S2. The fourth-order valence-electron chi connectivity index (χ4n) is 3.16. The van der Waals surface area contributed by atoms with Crippen molar-refractivity contribution in [1.82, 2.24) is 5.32 Å². The molecule has 10 heteroatoms. The lowest BCUT2D eigenvalue weighted by atomic mass is 10.1. The third-order valence-electron chi connectivity index (χ3n) is 5.09. The number of hydrogen-bond donors (Lipinski definition) is 4. The summed E-state index contributed by atoms with van der Waals surface area (Å²) >= 11 is 2.98. The second kappa shape index (κ2) is 16.9. The van der Waals surface area contributed by atoms with Crippen molar-refractivity contribution in [2.75, 3.05) is 24.8 Å². The number of thiol groups is 1. The third-order valence-corrected chi connectivity index (χ3v) is 7.21. The Hall–Kier alpha value is -1.62. The first-order valence-electron chi connectivity index (χ1n) is 11.3. The Labute approximate surface area is 205 Å². The van der Waals surface area contributed by atoms with Gasteiger partial charge in [0.05, 0.1) is 6.54 Å². The number of carbonyl (C=O) groups is 2. The van der Waals surface area contributed by atoms with Gasteiger partial charge in [-0.2, -0.15) is 12.6 Å². The van der Waals surface area contributed by atoms with E-state index < -0.39 is 29.2 Å². The molecule has 33 heavy (non-hydrogen) atoms. The van der Waals surface area contributed by atoms with Gasteiger partial charge in [-0.15, -0.1) is 0 Å². The summed E-state index contributed by atoms with van der Waals surface area (Å²) < 4.78 is 23.0. The highest BCUT2D eigenvalue weighted by molar-refractivity contribution is 7.92. The summed E-state index contributed by atoms with van der Waals surface area (Å²) in [5.74, 6) is 0.343. The lowest BCUT2D eigenvalue weighted by Crippen LogP contribution is -2.40. The standard InChI is InChI=1S/C18H28O3S.C5H9NO4S/c1-3-4-5-6-7-8-11-22(19)15(2)12-16-9-10-17-18(13-16)21-14-20-17;7-4(8)1-6-3(2-11)5(9)10/h9-10,13,15H,3-8,11-12,14H2,1-2H3;3,6,11H,1-2H2,(H,7,8)(H,9,10). The summed E-state index contributed by atoms with van der Waals surface area (Å²) in [4.78, 5) is 20.2. The fourth-order valence-corrected chi connectivity index (χ4v) is 4.71. The zero-order valence-corrected chi connectivity index (χ0v) is 21.2. The van der Waals surface area contributed by atoms with Gasteiger partial charge in [0.2, 0.25) is 6.79 Å². The lowest BCUT2D eigenvalue weighted by molar-refractivity contribution is -0.139. The molecule has 1 aliphatic heterocycles. The van der Waals surface area contributed by atoms with Gasteiger partial charge in [-0.3, -0.25) is 14.9 Å². The topological polar surface area (TPSA) is 128 Å². The molecule has 0 amide bonds. The zero-order valence-electron chi connectivity index (χ0n) is 19.5. The zero-order chi connectivity index (χ0) is 24.6. The van der Waals surface area contributed by atoms with Gasteiger partial charge in [0.25, 0.3) is 0 Å². The van der Waals surface area contributed by atoms with Crippen LogP contribution in [0.1, 0.15) is 57.9 Å². The van der Waals surface area contributed by atoms with Crippen LogP contribution in [0.25, 0.3) is 0 Å². The van der Waals surface area contributed by atoms with Gasteiger partial charge in [-0.25, -0.2) is 0 Å². The van der Waals surface area contributed by atoms with Crippen LogP contribution < -0.4 is 14.8 Å². The van der Waals surface area contributed by atoms with Crippen molar-refractivity contribution in [3.63, 3.8) is 0 Å². The maximum atomic E-state index is 12.3. The van der Waals surface area contributed by atoms with E-state index in [1.165, 1.54) is 37.7 Å². The molecule has 2 rings (SSSR count). The number of carboxylic acid groups (broad SMARTS) is 2. The average molecular weight is 504 g/mol. The quantitative estimate of drug-likeness (QED) is 0.163. The Bertz CT molecular complexity index is 720. The number of fused-ring (bicyclic) bond motifs is 1. The first-order chi connectivity index (χ1) is 15.8. The van der Waals surface area contributed by atoms with E-state index in [-0.39, 0.29) is 17.5 Å². The van der Waals surface area contributed by atoms with E-state index in [4.69, 9.17) is 19.7 Å². The number of nitrogens with one attached hydrogen (secondary N) is 1. The monoisotopic (exact) mass is 503 g/mol. The van der Waals surface area contributed by atoms with Crippen LogP contribution in [0.15, 0.2) is 18.2 Å². The predicted octanol–water partition coefficient (Wildman–Crippen LogP) is 3.50. The molecule has 0 saturated carbocycles. The SMILES string of the molecule is CCCCCCCC[S+]([O-])C(C)Cc1ccc2c(c1)OCO2.O=C(O)CNC(CS)C(=O)O. The van der Waals surface area contributed by atoms with Crippen LogP contribution in [0.3, 0.4) is 0 Å². The highest BCUT2D eigenvalue weighted by atomic mass is 32.2. The van der Waals surface area contributed by atoms with Crippen molar-refractivity contribution < 1.29 is 33.8 Å². The molecule has 0 spiro atoms. The van der Waals surface area contributed by atoms with Crippen molar-refractivity contribution in [1.29, 1.82) is 0 Å². The molecule has 8 nitrogen and oxygen atoms in total. The number of ether oxygens (including phenoxy) is 2. The molecule has 3 atom stereocenters. The highest BCUT2D eigenvalue weighted by Crippen LogP contribution is 2.33. The minimum absolute atomic E-state index is 0.0720. The fraction of sp³-hybridized carbons (Fsp3) is 0.652. The molecule has 1 aromatic carbocycles. The van der Waals surface area contributed by atoms with Gasteiger partial charge >= 0.3 is 11.9 Å². The molecule has 0 radical (unpaired) electrons. The second-order valence-corrected chi connectivity index (χ2v) is 10.2. The molecule has 1 heterocycles. The van der Waals surface area contributed by atoms with Gasteiger partial charge < -0.3 is 24.2 Å². The van der Waals surface area contributed by atoms with E-state index in [0.29, 0.717) is 6.79 Å². The first kappa shape index (κ1) is 29.4. The number of hydrogen-bond acceptors (Lipinski definition) is 7. The maximum Gasteiger partial charge on any atom is 0.321 e. The smallest absolute Gasteiger partial charge is 0.321 e. The minimum Gasteiger partial charge on any atom is -0.616 e. The van der Waals surface area contributed by atoms with E-state index in [9.17, 15) is 14.1 Å². The summed E-state index contributed by atoms with van der Waals surface area (Å²) in [6.07, 6.45) is 8.32. The predicted molar refractivity (Wildman–Crippen MR) is 133 cm³/mol. The third kappa shape index (κ3) is 12.4. The summed E-state index contributed by atoms with van der Waals surface area (Å²) in [6.45, 7) is 4.25. The largest absolute Gasteiger partial charge is 0.616 e. The van der Waals surface area contributed by atoms with Crippen molar-refractivity contribution >= 4 is 35.7 Å². The Kier molecular flexibility index (Phi) is 15.1. The van der Waals surface area contributed by atoms with Crippen LogP contribution in [0.4, 0.5) is 0 Å². The number of benzene rings is 1. The minimum atomic E-state index is -1.10. The van der Waals surface area contributed by atoms with Crippen molar-refractivity contribution in [2.45, 2.75) is 70.1 Å². The van der Waals surface area contributed by atoms with E-state index in [2.05, 4.69) is 31.8 Å². The van der Waals surface area contributed by atoms with Crippen LogP contribution in [-0.4, -0.2) is 62.8 Å². The normalized spacial score (nSPS) is 14.7. The van der Waals surface area contributed by atoms with E-state index in [1.807, 2.05) is 18.2 Å². The van der Waals surface area contributed by atoms with Gasteiger partial charge in [-0.05, 0) is 37.5 Å². The Morgan fingerprint density at radius 2 is 1.82 bits per heavy atom. The van der Waals surface area contributed by atoms with E-state index in [0.717, 1.165) is 30.1 Å². The molecule has 0 saturated heterocycles. The molecule has 0 aliphatic carbocycles. The summed E-state index contributed by atoms with van der Waals surface area (Å²) in [7, 11) is 0. The molecule has 0 aromatic heterocycles. The number of carboxylic acids is 2. The molecule has 3 unspecified atom stereocenters. The first-order valence-corrected chi connectivity index (χ1v) is 13.3. The molecule has 3 N–H and O–H groups in total. The Morgan fingerprint density at radius 1 is 1.15 bits per heavy atom. The molecule has 0 fully saturated rings. The summed E-state index contributed by atoms with van der Waals surface area (Å²) in [5, 5.41) is 19.0. The van der Waals surface area contributed by atoms with Crippen molar-refractivity contribution in [3.8, 4) is 11.5 Å². The highest BCUT2D eigenvalue weighted by Gasteiger charge is 2.20. The Balaban J connectivity index is 0.000000420. The second-order valence-electron chi connectivity index (χ2n) is 7.90. The van der Waals surface area contributed by atoms with Crippen LogP contribution in [-0.2, 0) is 27.2 Å². The summed E-state index contributed by atoms with van der Waals surface area (Å²) in [5.41, 5.74) is 1.17. The molecule has 1 aliphatic rings. The van der Waals surface area contributed by atoms with Crippen LogP contribution in [0.5, 0.6) is 11.5 Å². The molecular weight excluding hydrogens is 466 g/mol. The Morgan fingerprint density at radius 3 is 2.45 bits per heavy atom. The van der Waals surface area contributed by atoms with Crippen molar-refractivity contribution in [2.24, 2.45) is 0 Å². The van der Waals surface area contributed by atoms with Crippen molar-refractivity contribution in [3.05, 3.63) is 23.8 Å². The lowest BCUT2D eigenvalue weighted by Gasteiger charge is -2.18. The molecule has 0 bridgehead atoms. The van der Waals surface area contributed by atoms with Gasteiger partial charge in [0.15, 0.2) is 11.5 Å². The average Bonchev–Trinajstić information content (AvgIpc) is 3.24. The van der Waals surface area contributed by atoms with E-state index >= 15 is 0 Å². The number of aliphatic carboxylic acids is 2. The van der Waals surface area contributed by atoms with Crippen LogP contribution >= 0.6 is 12.6 Å². The molecule has 1 aromatic rings. The van der Waals surface area contributed by atoms with Crippen LogP contribution in [0.2, 0.25) is 0 Å². The van der Waals surface area contributed by atoms with Gasteiger partial charge in [0.1, 0.15) is 17.0 Å².